The number of nitrogens with zero attached hydrogens (tertiary/aromatic N) is 2. The van der Waals surface area contributed by atoms with Crippen LogP contribution in [0.15, 0.2) is 60.8 Å². The van der Waals surface area contributed by atoms with E-state index in [1.165, 1.54) is 0 Å². The van der Waals surface area contributed by atoms with Gasteiger partial charge in [0.1, 0.15) is 0 Å². The van der Waals surface area contributed by atoms with Gasteiger partial charge < -0.3 is 4.57 Å². The van der Waals surface area contributed by atoms with Gasteiger partial charge in [-0.1, -0.05) is 104 Å². The van der Waals surface area contributed by atoms with Crippen molar-refractivity contribution in [3.63, 3.8) is 0 Å². The van der Waals surface area contributed by atoms with Gasteiger partial charge in [-0.05, 0) is 11.6 Å². The number of benzene rings is 2. The zero-order valence-electron chi connectivity index (χ0n) is 22.8. The minimum atomic E-state index is -0.500. The van der Waals surface area contributed by atoms with Crippen molar-refractivity contribution in [3.05, 3.63) is 82.0 Å². The number of aryl methyl sites for hydroxylation is 1. The first-order valence-electron chi connectivity index (χ1n) is 12.2. The Labute approximate surface area is 210 Å². The first kappa shape index (κ1) is 33.4. The van der Waals surface area contributed by atoms with Crippen molar-refractivity contribution in [2.45, 2.75) is 55.4 Å². The molecule has 0 atom stereocenters. The summed E-state index contributed by atoms with van der Waals surface area (Å²) in [6, 6.07) is 17.2. The van der Waals surface area contributed by atoms with Crippen molar-refractivity contribution in [2.24, 2.45) is 7.05 Å². The predicted molar refractivity (Wildman–Crippen MR) is 148 cm³/mol. The second-order valence-electron chi connectivity index (χ2n) is 6.01. The number of aromatic nitrogens is 1. The molecule has 0 saturated heterocycles. The monoisotopic (exact) mass is 483 g/mol. The summed E-state index contributed by atoms with van der Waals surface area (Å²) in [7, 11) is 2.82. The van der Waals surface area contributed by atoms with E-state index in [1.807, 2.05) is 128 Å². The maximum Gasteiger partial charge on any atom is 0.259 e. The number of fused-ring (bicyclic) bond motifs is 1. The normalized spacial score (nSPS) is 11.0. The van der Waals surface area contributed by atoms with Gasteiger partial charge in [-0.15, -0.1) is 0 Å². The number of hydrogen-bond acceptors (Lipinski definition) is 4. The molecule has 0 fully saturated rings. The van der Waals surface area contributed by atoms with Gasteiger partial charge >= 0.3 is 0 Å². The number of rotatable bonds is 2. The molecule has 0 unspecified atom stereocenters. The maximum absolute atomic E-state index is 12.4. The van der Waals surface area contributed by atoms with Crippen LogP contribution in [0.4, 0.5) is 0 Å². The Hall–Kier alpha value is -3.74. The fraction of sp³-hybridized carbons (Fsp3) is 0.357. The lowest BCUT2D eigenvalue weighted by Gasteiger charge is -2.03. The van der Waals surface area contributed by atoms with Gasteiger partial charge in [0.2, 0.25) is 0 Å². The summed E-state index contributed by atoms with van der Waals surface area (Å²) in [4.78, 5) is 33.0. The summed E-state index contributed by atoms with van der Waals surface area (Å²) in [5.74, 6) is -0.686. The molecule has 4 rings (SSSR count). The van der Waals surface area contributed by atoms with Gasteiger partial charge in [-0.2, -0.15) is 0 Å². The predicted octanol–water partition coefficient (Wildman–Crippen LogP) is 6.74. The average molecular weight is 484 g/mol. The van der Waals surface area contributed by atoms with E-state index in [1.54, 1.807) is 0 Å². The summed E-state index contributed by atoms with van der Waals surface area (Å²) in [6.45, 7) is 16.0. The Kier molecular flexibility index (Phi) is 17.8. The molecule has 2 heterocycles. The van der Waals surface area contributed by atoms with E-state index in [0.717, 1.165) is 29.1 Å². The number of para-hydroxylation sites is 1. The van der Waals surface area contributed by atoms with Crippen LogP contribution < -0.4 is 5.32 Å². The van der Waals surface area contributed by atoms with E-state index >= 15 is 0 Å². The molecule has 0 spiro atoms. The molecule has 2 amide bonds. The Morgan fingerprint density at radius 2 is 1.17 bits per heavy atom. The van der Waals surface area contributed by atoms with Crippen LogP contribution in [0.25, 0.3) is 22.0 Å². The summed E-state index contributed by atoms with van der Waals surface area (Å²) in [5, 5.41) is 12.2. The summed E-state index contributed by atoms with van der Waals surface area (Å²) >= 11 is 0. The third-order valence-corrected chi connectivity index (χ3v) is 4.16. The summed E-state index contributed by atoms with van der Waals surface area (Å²) in [6.07, 6.45) is 1.90. The topological polar surface area (TPSA) is 94.2 Å². The maximum atomic E-state index is 12.4. The lowest BCUT2D eigenvalue weighted by atomic mass is 9.96. The number of carbonyl (C=O) groups excluding carboxylic acids is 2. The molecule has 7 nitrogen and oxygen atoms in total. The van der Waals surface area contributed by atoms with Crippen molar-refractivity contribution in [1.82, 2.24) is 9.88 Å². The minimum absolute atomic E-state index is 0.342. The van der Waals surface area contributed by atoms with Gasteiger partial charge in [0.25, 0.3) is 11.8 Å². The fourth-order valence-corrected chi connectivity index (χ4v) is 3.13. The van der Waals surface area contributed by atoms with Gasteiger partial charge in [0.15, 0.2) is 7.05 Å². The van der Waals surface area contributed by atoms with E-state index in [9.17, 15) is 9.59 Å². The van der Waals surface area contributed by atoms with Crippen molar-refractivity contribution >= 4 is 33.9 Å². The molecule has 0 saturated carbocycles. The Balaban J connectivity index is 0. The van der Waals surface area contributed by atoms with Crippen LogP contribution in [0.3, 0.4) is 0 Å². The lowest BCUT2D eigenvalue weighted by Crippen LogP contribution is -2.22. The lowest BCUT2D eigenvalue weighted by molar-refractivity contribution is -0.445. The number of amides is 2. The molecule has 0 aliphatic carbocycles. The van der Waals surface area contributed by atoms with Crippen LogP contribution in [-0.4, -0.2) is 28.4 Å². The van der Waals surface area contributed by atoms with Crippen molar-refractivity contribution in [2.75, 3.05) is 7.05 Å². The van der Waals surface area contributed by atoms with Crippen LogP contribution in [0.5, 0.6) is 0 Å². The quantitative estimate of drug-likeness (QED) is 0.248. The molecule has 35 heavy (non-hydrogen) atoms. The van der Waals surface area contributed by atoms with Crippen molar-refractivity contribution in [3.8, 4) is 0 Å². The number of imide groups is 1. The van der Waals surface area contributed by atoms with Gasteiger partial charge in [0.05, 0.1) is 11.1 Å². The smallest absolute Gasteiger partial charge is 0.259 e. The molecule has 1 aromatic heterocycles. The highest BCUT2D eigenvalue weighted by atomic mass is 16.6. The largest absolute Gasteiger partial charge is 0.350 e. The van der Waals surface area contributed by atoms with Gasteiger partial charge in [-0.25, -0.2) is 0 Å². The first-order valence-corrected chi connectivity index (χ1v) is 12.2. The van der Waals surface area contributed by atoms with Gasteiger partial charge in [-0.3, -0.25) is 25.0 Å². The zero-order valence-corrected chi connectivity index (χ0v) is 22.8. The molecule has 2 aromatic carbocycles. The molecule has 0 bridgehead atoms. The van der Waals surface area contributed by atoms with E-state index in [4.69, 9.17) is 10.1 Å². The number of nitrogens with one attached hydrogen (secondary N) is 1. The van der Waals surface area contributed by atoms with Gasteiger partial charge in [0, 0.05) is 34.6 Å². The fourth-order valence-electron chi connectivity index (χ4n) is 3.13. The van der Waals surface area contributed by atoms with E-state index in [2.05, 4.69) is 5.32 Å². The molecule has 1 aliphatic heterocycles. The summed E-state index contributed by atoms with van der Waals surface area (Å²) in [5.41, 5.74) is 3.43. The molecule has 1 N–H and O–H groups in total. The first-order chi connectivity index (χ1) is 16.9. The van der Waals surface area contributed by atoms with Crippen LogP contribution >= 0.6 is 0 Å². The highest BCUT2D eigenvalue weighted by Crippen LogP contribution is 2.35. The molecular formula is C28H41N3O4. The van der Waals surface area contributed by atoms with Crippen molar-refractivity contribution < 1.29 is 14.5 Å². The highest BCUT2D eigenvalue weighted by Gasteiger charge is 2.33. The Morgan fingerprint density at radius 1 is 0.743 bits per heavy atom. The number of carbonyl (C=O) groups is 2. The minimum Gasteiger partial charge on any atom is -0.350 e. The number of nitro groups is 1. The van der Waals surface area contributed by atoms with E-state index < -0.39 is 4.92 Å². The third-order valence-electron chi connectivity index (χ3n) is 4.16. The molecule has 192 valence electrons. The number of hydrogen-bond donors (Lipinski definition) is 1. The van der Waals surface area contributed by atoms with Crippen LogP contribution in [-0.2, 0) is 16.6 Å². The second-order valence-corrected chi connectivity index (χ2v) is 6.01. The van der Waals surface area contributed by atoms with E-state index in [-0.39, 0.29) is 11.8 Å². The van der Waals surface area contributed by atoms with Crippen LogP contribution in [0, 0.1) is 10.1 Å². The molecular weight excluding hydrogens is 442 g/mol. The summed E-state index contributed by atoms with van der Waals surface area (Å²) < 4.78 is 1.97. The molecule has 0 radical (unpaired) electrons. The SMILES string of the molecule is CC.CC.CC.CC.C[N+](=O)[O-].Cn1cc(C2=C(c3ccccc3)C(=O)NC2=O)c2ccccc21. The molecule has 7 heteroatoms. The highest BCUT2D eigenvalue weighted by molar-refractivity contribution is 6.50. The van der Waals surface area contributed by atoms with Crippen molar-refractivity contribution in [1.29, 1.82) is 0 Å². The Bertz CT molecular complexity index is 1080. The standard InChI is InChI=1S/C19H14N2O2.4C2H6.CH3NO2/c1-21-11-14(13-9-5-6-10-15(13)21)17-16(18(22)20-19(17)23)12-7-3-2-4-8-12;4*1-2;1-2(3)4/h2-11H,1H3,(H,20,22,23);4*1-2H3;1H3. The Morgan fingerprint density at radius 3 is 1.69 bits per heavy atom. The molecule has 1 aliphatic rings. The van der Waals surface area contributed by atoms with E-state index in [0.29, 0.717) is 11.1 Å². The third kappa shape index (κ3) is 9.20. The van der Waals surface area contributed by atoms with Crippen LogP contribution in [0.1, 0.15) is 66.5 Å². The second kappa shape index (κ2) is 18.7. The zero-order chi connectivity index (χ0) is 27.6. The average Bonchev–Trinajstić information content (AvgIpc) is 3.39. The molecule has 3 aromatic rings. The van der Waals surface area contributed by atoms with Crippen LogP contribution in [0.2, 0.25) is 0 Å².